The summed E-state index contributed by atoms with van der Waals surface area (Å²) >= 11 is 0. The third-order valence-electron chi connectivity index (χ3n) is 3.29. The molecule has 0 aromatic rings. The van der Waals surface area contributed by atoms with E-state index in [0.29, 0.717) is 13.0 Å². The maximum atomic E-state index is 12.2. The summed E-state index contributed by atoms with van der Waals surface area (Å²) in [4.78, 5) is 37.3. The van der Waals surface area contributed by atoms with Gasteiger partial charge in [0.15, 0.2) is 5.54 Å². The second kappa shape index (κ2) is 6.86. The smallest absolute Gasteiger partial charge is 0.410 e. The van der Waals surface area contributed by atoms with Crippen molar-refractivity contribution in [3.8, 4) is 0 Å². The zero-order valence-electron chi connectivity index (χ0n) is 15.3. The Labute approximate surface area is 142 Å². The molecule has 0 aromatic heterocycles. The molecule has 24 heavy (non-hydrogen) atoms. The van der Waals surface area contributed by atoms with Crippen LogP contribution in [0.3, 0.4) is 0 Å². The summed E-state index contributed by atoms with van der Waals surface area (Å²) in [5, 5.41) is 12.0. The average molecular weight is 344 g/mol. The van der Waals surface area contributed by atoms with Crippen molar-refractivity contribution in [1.82, 2.24) is 10.2 Å². The number of likely N-dealkylation sites (tertiary alicyclic amines) is 1. The average Bonchev–Trinajstić information content (AvgIpc) is 2.34. The molecule has 0 aliphatic carbocycles. The van der Waals surface area contributed by atoms with Crippen LogP contribution in [0.4, 0.5) is 9.59 Å². The van der Waals surface area contributed by atoms with Crippen LogP contribution < -0.4 is 5.32 Å². The van der Waals surface area contributed by atoms with Gasteiger partial charge in [-0.3, -0.25) is 0 Å². The zero-order valence-corrected chi connectivity index (χ0v) is 15.3. The Kier molecular flexibility index (Phi) is 5.74. The van der Waals surface area contributed by atoms with Crippen LogP contribution >= 0.6 is 0 Å². The number of rotatable bonds is 2. The van der Waals surface area contributed by atoms with Gasteiger partial charge in [-0.15, -0.1) is 0 Å². The van der Waals surface area contributed by atoms with E-state index < -0.39 is 34.9 Å². The SMILES string of the molecule is CC(C)(C)OC(=O)NC1(C(=O)O)CCCN(C(=O)OC(C)(C)C)C1. The molecule has 1 atom stereocenters. The first-order valence-electron chi connectivity index (χ1n) is 7.97. The Morgan fingerprint density at radius 3 is 2.04 bits per heavy atom. The van der Waals surface area contributed by atoms with E-state index in [0.717, 1.165) is 0 Å². The summed E-state index contributed by atoms with van der Waals surface area (Å²) in [5.74, 6) is -1.21. The molecule has 0 saturated carbocycles. The zero-order chi connectivity index (χ0) is 18.8. The molecule has 1 unspecified atom stereocenters. The van der Waals surface area contributed by atoms with Gasteiger partial charge >= 0.3 is 18.2 Å². The van der Waals surface area contributed by atoms with E-state index in [-0.39, 0.29) is 13.0 Å². The van der Waals surface area contributed by atoms with Crippen LogP contribution in [0.25, 0.3) is 0 Å². The minimum absolute atomic E-state index is 0.170. The predicted molar refractivity (Wildman–Crippen MR) is 86.8 cm³/mol. The molecule has 1 rings (SSSR count). The van der Waals surface area contributed by atoms with Crippen molar-refractivity contribution in [3.63, 3.8) is 0 Å². The fraction of sp³-hybridized carbons (Fsp3) is 0.812. The van der Waals surface area contributed by atoms with E-state index in [1.165, 1.54) is 4.90 Å². The summed E-state index contributed by atoms with van der Waals surface area (Å²) in [6.07, 6.45) is -0.780. The highest BCUT2D eigenvalue weighted by molar-refractivity contribution is 5.85. The van der Waals surface area contributed by atoms with Gasteiger partial charge in [-0.05, 0) is 54.4 Å². The number of hydrogen-bond acceptors (Lipinski definition) is 5. The standard InChI is InChI=1S/C16H28N2O6/c1-14(2,3)23-12(21)17-16(11(19)20)8-7-9-18(10-16)13(22)24-15(4,5)6/h7-10H2,1-6H3,(H,17,21)(H,19,20). The number of ether oxygens (including phenoxy) is 2. The van der Waals surface area contributed by atoms with E-state index in [2.05, 4.69) is 5.32 Å². The van der Waals surface area contributed by atoms with Crippen LogP contribution in [0.2, 0.25) is 0 Å². The molecule has 2 amide bonds. The first-order valence-corrected chi connectivity index (χ1v) is 7.97. The van der Waals surface area contributed by atoms with Crippen molar-refractivity contribution in [2.24, 2.45) is 0 Å². The molecule has 1 heterocycles. The highest BCUT2D eigenvalue weighted by atomic mass is 16.6. The molecule has 1 fully saturated rings. The van der Waals surface area contributed by atoms with Crippen molar-refractivity contribution in [1.29, 1.82) is 0 Å². The van der Waals surface area contributed by atoms with Gasteiger partial charge in [0.25, 0.3) is 0 Å². The lowest BCUT2D eigenvalue weighted by atomic mass is 9.89. The predicted octanol–water partition coefficient (Wildman–Crippen LogP) is 2.37. The summed E-state index contributed by atoms with van der Waals surface area (Å²) in [5.41, 5.74) is -3.01. The third kappa shape index (κ3) is 5.90. The van der Waals surface area contributed by atoms with Gasteiger partial charge in [0.05, 0.1) is 6.54 Å². The molecule has 0 aromatic carbocycles. The van der Waals surface area contributed by atoms with Crippen LogP contribution in [0.15, 0.2) is 0 Å². The Balaban J connectivity index is 2.88. The van der Waals surface area contributed by atoms with Crippen LogP contribution in [-0.2, 0) is 14.3 Å². The van der Waals surface area contributed by atoms with Gasteiger partial charge in [0.1, 0.15) is 11.2 Å². The lowest BCUT2D eigenvalue weighted by Crippen LogP contribution is -2.64. The molecule has 2 N–H and O–H groups in total. The summed E-state index contributed by atoms with van der Waals surface area (Å²) in [6.45, 7) is 10.5. The largest absolute Gasteiger partial charge is 0.479 e. The van der Waals surface area contributed by atoms with Gasteiger partial charge in [0.2, 0.25) is 0 Å². The van der Waals surface area contributed by atoms with E-state index in [9.17, 15) is 19.5 Å². The van der Waals surface area contributed by atoms with E-state index >= 15 is 0 Å². The number of piperidine rings is 1. The second-order valence-corrected chi connectivity index (χ2v) is 8.02. The normalized spacial score (nSPS) is 21.8. The number of carboxylic acid groups (broad SMARTS) is 1. The quantitative estimate of drug-likeness (QED) is 0.797. The third-order valence-corrected chi connectivity index (χ3v) is 3.29. The maximum Gasteiger partial charge on any atom is 0.410 e. The molecule has 1 aliphatic heterocycles. The number of hydrogen-bond donors (Lipinski definition) is 2. The number of carboxylic acids is 1. The van der Waals surface area contributed by atoms with Gasteiger partial charge in [0, 0.05) is 6.54 Å². The fourth-order valence-electron chi connectivity index (χ4n) is 2.37. The Hall–Kier alpha value is -1.99. The molecule has 0 spiro atoms. The molecule has 138 valence electrons. The molecule has 0 bridgehead atoms. The van der Waals surface area contributed by atoms with Crippen LogP contribution in [-0.4, -0.2) is 58.0 Å². The Bertz CT molecular complexity index is 506. The van der Waals surface area contributed by atoms with Crippen molar-refractivity contribution in [3.05, 3.63) is 0 Å². The first kappa shape index (κ1) is 20.1. The number of amides is 2. The molecule has 0 radical (unpaired) electrons. The Morgan fingerprint density at radius 1 is 1.04 bits per heavy atom. The van der Waals surface area contributed by atoms with E-state index in [1.807, 2.05) is 0 Å². The van der Waals surface area contributed by atoms with Gasteiger partial charge in [-0.1, -0.05) is 0 Å². The first-order chi connectivity index (χ1) is 10.7. The van der Waals surface area contributed by atoms with E-state index in [4.69, 9.17) is 9.47 Å². The van der Waals surface area contributed by atoms with Crippen LogP contribution in [0.1, 0.15) is 54.4 Å². The number of alkyl carbamates (subject to hydrolysis) is 1. The van der Waals surface area contributed by atoms with Gasteiger partial charge in [-0.25, -0.2) is 14.4 Å². The molecular formula is C16H28N2O6. The number of carbonyl (C=O) groups is 3. The summed E-state index contributed by atoms with van der Waals surface area (Å²) in [6, 6.07) is 0. The molecular weight excluding hydrogens is 316 g/mol. The fourth-order valence-corrected chi connectivity index (χ4v) is 2.37. The van der Waals surface area contributed by atoms with Crippen molar-refractivity contribution >= 4 is 18.2 Å². The molecule has 1 aliphatic rings. The number of nitrogens with one attached hydrogen (secondary N) is 1. The minimum atomic E-state index is -1.59. The minimum Gasteiger partial charge on any atom is -0.479 e. The lowest BCUT2D eigenvalue weighted by molar-refractivity contribution is -0.147. The molecule has 8 nitrogen and oxygen atoms in total. The topological polar surface area (TPSA) is 105 Å². The van der Waals surface area contributed by atoms with E-state index in [1.54, 1.807) is 41.5 Å². The summed E-state index contributed by atoms with van der Waals surface area (Å²) < 4.78 is 10.4. The van der Waals surface area contributed by atoms with Crippen LogP contribution in [0.5, 0.6) is 0 Å². The maximum absolute atomic E-state index is 12.2. The molecule has 8 heteroatoms. The van der Waals surface area contributed by atoms with Crippen molar-refractivity contribution in [2.45, 2.75) is 71.1 Å². The number of carbonyl (C=O) groups excluding carboxylic acids is 2. The number of nitrogens with zero attached hydrogens (tertiary/aromatic N) is 1. The Morgan fingerprint density at radius 2 is 1.58 bits per heavy atom. The summed E-state index contributed by atoms with van der Waals surface area (Å²) in [7, 11) is 0. The number of aliphatic carboxylic acids is 1. The monoisotopic (exact) mass is 344 g/mol. The lowest BCUT2D eigenvalue weighted by Gasteiger charge is -2.40. The van der Waals surface area contributed by atoms with Crippen molar-refractivity contribution < 1.29 is 29.0 Å². The van der Waals surface area contributed by atoms with Gasteiger partial charge < -0.3 is 24.8 Å². The van der Waals surface area contributed by atoms with Crippen LogP contribution in [0, 0.1) is 0 Å². The molecule has 1 saturated heterocycles. The highest BCUT2D eigenvalue weighted by Crippen LogP contribution is 2.24. The van der Waals surface area contributed by atoms with Crippen molar-refractivity contribution in [2.75, 3.05) is 13.1 Å². The second-order valence-electron chi connectivity index (χ2n) is 8.02. The van der Waals surface area contributed by atoms with Gasteiger partial charge in [-0.2, -0.15) is 0 Å². The highest BCUT2D eigenvalue weighted by Gasteiger charge is 2.46.